The van der Waals surface area contributed by atoms with Gasteiger partial charge in [0.15, 0.2) is 6.54 Å². The molecule has 0 unspecified atom stereocenters. The van der Waals surface area contributed by atoms with Crippen LogP contribution in [0.25, 0.3) is 0 Å². The van der Waals surface area contributed by atoms with Crippen LogP contribution < -0.4 is 28.7 Å². The number of nitrogens with zero attached hydrogens (tertiary/aromatic N) is 2. The van der Waals surface area contributed by atoms with Crippen LogP contribution in [0.2, 0.25) is 0 Å². The van der Waals surface area contributed by atoms with Gasteiger partial charge in [0.1, 0.15) is 25.0 Å². The Bertz CT molecular complexity index is 411. The summed E-state index contributed by atoms with van der Waals surface area (Å²) in [5.41, 5.74) is 1.20. The van der Waals surface area contributed by atoms with Gasteiger partial charge in [0.05, 0.1) is 13.1 Å². The van der Waals surface area contributed by atoms with E-state index in [4.69, 9.17) is 10.00 Å². The lowest BCUT2D eigenvalue weighted by atomic mass is 10.2. The largest absolute Gasteiger partial charge is 1.00 e. The summed E-state index contributed by atoms with van der Waals surface area (Å²) in [5.74, 6) is 0.914. The molecule has 0 aromatic heterocycles. The third kappa shape index (κ3) is 5.79. The Morgan fingerprint density at radius 3 is 2.47 bits per heavy atom. The summed E-state index contributed by atoms with van der Waals surface area (Å²) >= 11 is 0. The number of hydrogen-bond donors (Lipinski definition) is 0. The van der Waals surface area contributed by atoms with Gasteiger partial charge < -0.3 is 33.2 Å². The number of hydrogen-bond acceptors (Lipinski definition) is 2. The highest BCUT2D eigenvalue weighted by Gasteiger charge is 2.22. The fourth-order valence-corrected chi connectivity index (χ4v) is 2.05. The molecule has 3 nitrogen and oxygen atoms in total. The monoisotopic (exact) mass is 374 g/mol. The Labute approximate surface area is 133 Å². The van der Waals surface area contributed by atoms with Gasteiger partial charge in [-0.05, 0) is 38.5 Å². The van der Waals surface area contributed by atoms with Crippen LogP contribution in [0.1, 0.15) is 19.4 Å². The molecule has 0 saturated heterocycles. The zero-order chi connectivity index (χ0) is 13.4. The van der Waals surface area contributed by atoms with Crippen molar-refractivity contribution >= 4 is 0 Å². The highest BCUT2D eigenvalue weighted by atomic mass is 127. The normalized spacial score (nSPS) is 10.4. The van der Waals surface area contributed by atoms with Gasteiger partial charge in [0, 0.05) is 0 Å². The van der Waals surface area contributed by atoms with Crippen molar-refractivity contribution in [3.63, 3.8) is 0 Å². The lowest BCUT2D eigenvalue weighted by Gasteiger charge is -2.34. The van der Waals surface area contributed by atoms with Gasteiger partial charge in [0.2, 0.25) is 0 Å². The molecule has 0 saturated carbocycles. The van der Waals surface area contributed by atoms with Crippen molar-refractivity contribution in [2.24, 2.45) is 0 Å². The zero-order valence-corrected chi connectivity index (χ0v) is 14.2. The molecule has 0 aliphatic carbocycles. The van der Waals surface area contributed by atoms with Crippen molar-refractivity contribution in [2.45, 2.75) is 20.8 Å². The van der Waals surface area contributed by atoms with Crippen LogP contribution in [0.3, 0.4) is 0 Å². The summed E-state index contributed by atoms with van der Waals surface area (Å²) in [5, 5.41) is 8.91. The number of benzene rings is 1. The number of nitriles is 1. The molecule has 0 N–H and O–H groups in total. The van der Waals surface area contributed by atoms with E-state index in [2.05, 4.69) is 32.9 Å². The number of aryl methyl sites for hydroxylation is 1. The third-order valence-electron chi connectivity index (χ3n) is 3.57. The van der Waals surface area contributed by atoms with Crippen molar-refractivity contribution < 1.29 is 33.2 Å². The first-order valence-corrected chi connectivity index (χ1v) is 6.57. The second-order valence-electron chi connectivity index (χ2n) is 4.68. The minimum absolute atomic E-state index is 0. The first-order chi connectivity index (χ1) is 8.65. The van der Waals surface area contributed by atoms with Crippen molar-refractivity contribution in [3.8, 4) is 11.8 Å². The Hall–Kier alpha value is -0.800. The van der Waals surface area contributed by atoms with Gasteiger partial charge in [0.25, 0.3) is 0 Å². The van der Waals surface area contributed by atoms with Crippen molar-refractivity contribution in [2.75, 3.05) is 32.8 Å². The molecule has 4 heteroatoms. The molecule has 19 heavy (non-hydrogen) atoms. The molecule has 0 spiro atoms. The van der Waals surface area contributed by atoms with Crippen molar-refractivity contribution in [1.29, 1.82) is 5.26 Å². The van der Waals surface area contributed by atoms with Gasteiger partial charge in [-0.2, -0.15) is 5.26 Å². The van der Waals surface area contributed by atoms with Gasteiger partial charge >= 0.3 is 0 Å². The highest BCUT2D eigenvalue weighted by Crippen LogP contribution is 2.13. The molecule has 0 atom stereocenters. The van der Waals surface area contributed by atoms with E-state index < -0.39 is 0 Å². The summed E-state index contributed by atoms with van der Waals surface area (Å²) in [4.78, 5) is 0. The Morgan fingerprint density at radius 1 is 1.26 bits per heavy atom. The first kappa shape index (κ1) is 18.2. The molecule has 1 aromatic rings. The van der Waals surface area contributed by atoms with E-state index in [1.165, 1.54) is 5.56 Å². The highest BCUT2D eigenvalue weighted by molar-refractivity contribution is 5.27. The van der Waals surface area contributed by atoms with Crippen LogP contribution in [0.5, 0.6) is 5.75 Å². The third-order valence-corrected chi connectivity index (χ3v) is 3.57. The molecule has 0 bridgehead atoms. The van der Waals surface area contributed by atoms with E-state index in [1.807, 2.05) is 18.2 Å². The summed E-state index contributed by atoms with van der Waals surface area (Å²) in [6.07, 6.45) is 0. The van der Waals surface area contributed by atoms with E-state index in [1.54, 1.807) is 0 Å². The average molecular weight is 374 g/mol. The van der Waals surface area contributed by atoms with E-state index in [0.29, 0.717) is 13.2 Å². The van der Waals surface area contributed by atoms with Crippen LogP contribution >= 0.6 is 0 Å². The molecule has 0 aliphatic heterocycles. The Balaban J connectivity index is 0.00000324. The van der Waals surface area contributed by atoms with Crippen molar-refractivity contribution in [1.82, 2.24) is 0 Å². The quantitative estimate of drug-likeness (QED) is 0.375. The standard InChI is InChI=1S/C15H23N2O.HI/c1-4-17(5-2,10-9-16)11-12-18-15-8-6-7-14(3)13-15;/h6-8,13H,4-5,10-12H2,1-3H3;1H/q+1;/p-1. The van der Waals surface area contributed by atoms with Crippen molar-refractivity contribution in [3.05, 3.63) is 29.8 Å². The summed E-state index contributed by atoms with van der Waals surface area (Å²) < 4.78 is 6.58. The minimum Gasteiger partial charge on any atom is -1.00 e. The van der Waals surface area contributed by atoms with Crippen LogP contribution in [0.15, 0.2) is 24.3 Å². The molecular formula is C15H23IN2O. The molecular weight excluding hydrogens is 351 g/mol. The van der Waals surface area contributed by atoms with Crippen LogP contribution in [-0.4, -0.2) is 37.3 Å². The number of rotatable bonds is 7. The van der Waals surface area contributed by atoms with Crippen LogP contribution in [0.4, 0.5) is 0 Å². The zero-order valence-electron chi connectivity index (χ0n) is 12.0. The van der Waals surface area contributed by atoms with Gasteiger partial charge in [-0.1, -0.05) is 12.1 Å². The molecule has 1 aromatic carbocycles. The molecule has 106 valence electrons. The summed E-state index contributed by atoms with van der Waals surface area (Å²) in [7, 11) is 0. The molecule has 0 heterocycles. The Morgan fingerprint density at radius 2 is 1.95 bits per heavy atom. The van der Waals surface area contributed by atoms with E-state index in [0.717, 1.165) is 29.9 Å². The topological polar surface area (TPSA) is 33.0 Å². The number of likely N-dealkylation sites (N-methyl/N-ethyl adjacent to an activating group) is 1. The maximum Gasteiger partial charge on any atom is 0.166 e. The second kappa shape index (κ2) is 9.16. The summed E-state index contributed by atoms with van der Waals surface area (Å²) in [6.45, 7) is 10.4. The lowest BCUT2D eigenvalue weighted by molar-refractivity contribution is -0.918. The predicted octanol–water partition coefficient (Wildman–Crippen LogP) is -0.242. The molecule has 1 rings (SSSR count). The SMILES string of the molecule is CC[N+](CC)(CC#N)CCOc1cccc(C)c1.[I-]. The van der Waals surface area contributed by atoms with E-state index in [9.17, 15) is 0 Å². The Kier molecular flexibility index (Phi) is 8.77. The lowest BCUT2D eigenvalue weighted by Crippen LogP contribution is -3.00. The first-order valence-electron chi connectivity index (χ1n) is 6.57. The molecule has 0 amide bonds. The van der Waals surface area contributed by atoms with Gasteiger partial charge in [-0.15, -0.1) is 0 Å². The maximum absolute atomic E-state index is 8.91. The maximum atomic E-state index is 8.91. The van der Waals surface area contributed by atoms with Crippen LogP contribution in [-0.2, 0) is 0 Å². The fourth-order valence-electron chi connectivity index (χ4n) is 2.05. The fraction of sp³-hybridized carbons (Fsp3) is 0.533. The average Bonchev–Trinajstić information content (AvgIpc) is 2.38. The van der Waals surface area contributed by atoms with Gasteiger partial charge in [-0.3, -0.25) is 0 Å². The number of halogens is 1. The van der Waals surface area contributed by atoms with Crippen LogP contribution in [0, 0.1) is 18.3 Å². The molecule has 0 aliphatic rings. The smallest absolute Gasteiger partial charge is 0.166 e. The predicted molar refractivity (Wildman–Crippen MR) is 73.4 cm³/mol. The minimum atomic E-state index is 0. The second-order valence-corrected chi connectivity index (χ2v) is 4.68. The number of ether oxygens (including phenoxy) is 1. The van der Waals surface area contributed by atoms with E-state index >= 15 is 0 Å². The summed E-state index contributed by atoms with van der Waals surface area (Å²) in [6, 6.07) is 10.4. The van der Waals surface area contributed by atoms with E-state index in [-0.39, 0.29) is 24.0 Å². The molecule has 0 radical (unpaired) electrons. The molecule has 0 fully saturated rings. The number of quaternary nitrogens is 1. The van der Waals surface area contributed by atoms with Gasteiger partial charge in [-0.25, -0.2) is 0 Å².